The molecule has 0 bridgehead atoms. The van der Waals surface area contributed by atoms with Gasteiger partial charge in [0.15, 0.2) is 0 Å². The van der Waals surface area contributed by atoms with Gasteiger partial charge in [0, 0.05) is 38.0 Å². The van der Waals surface area contributed by atoms with Crippen LogP contribution in [0.4, 0.5) is 0 Å². The lowest BCUT2D eigenvalue weighted by Crippen LogP contribution is -2.14. The van der Waals surface area contributed by atoms with Gasteiger partial charge in [-0.2, -0.15) is 0 Å². The molecule has 0 saturated heterocycles. The lowest BCUT2D eigenvalue weighted by molar-refractivity contribution is 0.660. The number of hydrogen-bond acceptors (Lipinski definition) is 2. The van der Waals surface area contributed by atoms with Gasteiger partial charge in [-0.3, -0.25) is 4.57 Å². The summed E-state index contributed by atoms with van der Waals surface area (Å²) in [6.07, 6.45) is 2.02. The van der Waals surface area contributed by atoms with Crippen LogP contribution < -0.4 is 0 Å². The fourth-order valence-electron chi connectivity index (χ4n) is 6.26. The lowest BCUT2D eigenvalue weighted by Gasteiger charge is -2.21. The van der Waals surface area contributed by atoms with Crippen LogP contribution >= 0.6 is 11.3 Å². The molecule has 4 aromatic carbocycles. The maximum Gasteiger partial charge on any atom is 0.138 e. The fraction of sp³-hybridized carbons (Fsp3) is 0.0882. The molecule has 0 unspecified atom stereocenters. The highest BCUT2D eigenvalue weighted by Crippen LogP contribution is 2.49. The molecule has 2 nitrogen and oxygen atoms in total. The van der Waals surface area contributed by atoms with E-state index in [1.54, 1.807) is 0 Å². The monoisotopic (exact) mass is 492 g/mol. The van der Waals surface area contributed by atoms with E-state index < -0.39 is 0 Å². The number of nitrogens with zero attached hydrogens (tertiary/aromatic N) is 2. The first-order chi connectivity index (χ1) is 18.1. The average Bonchev–Trinajstić information content (AvgIpc) is 3.54. The second kappa shape index (κ2) is 7.41. The molecule has 37 heavy (non-hydrogen) atoms. The number of para-hydroxylation sites is 1. The molecule has 3 aromatic heterocycles. The van der Waals surface area contributed by atoms with Crippen LogP contribution in [0.2, 0.25) is 0 Å². The molecular weight excluding hydrogens is 468 g/mol. The average molecular weight is 493 g/mol. The molecule has 0 amide bonds. The standard InChI is InChI=1S/C34H24N2S/c1-34(2)27-12-6-3-9-23(27)26-19-21(15-17-28(26)34)22-16-18-31(35-20-22)36-29-13-7-4-10-24(29)32-25-11-5-8-14-30(25)37-33(32)36/h3-20H,1-2H3. The smallest absolute Gasteiger partial charge is 0.138 e. The van der Waals surface area contributed by atoms with E-state index in [4.69, 9.17) is 4.98 Å². The summed E-state index contributed by atoms with van der Waals surface area (Å²) >= 11 is 1.84. The van der Waals surface area contributed by atoms with E-state index in [0.29, 0.717) is 0 Å². The zero-order valence-electron chi connectivity index (χ0n) is 20.7. The summed E-state index contributed by atoms with van der Waals surface area (Å²) in [7, 11) is 0. The molecule has 3 heteroatoms. The summed E-state index contributed by atoms with van der Waals surface area (Å²) < 4.78 is 3.63. The molecule has 8 rings (SSSR count). The predicted octanol–water partition coefficient (Wildman–Crippen LogP) is 9.37. The Kier molecular flexibility index (Phi) is 4.19. The number of pyridine rings is 1. The first-order valence-electron chi connectivity index (χ1n) is 12.7. The molecule has 0 radical (unpaired) electrons. The Morgan fingerprint density at radius 1 is 0.676 bits per heavy atom. The van der Waals surface area contributed by atoms with E-state index in [-0.39, 0.29) is 5.41 Å². The van der Waals surface area contributed by atoms with E-state index in [2.05, 4.69) is 122 Å². The Bertz CT molecular complexity index is 2000. The first kappa shape index (κ1) is 20.9. The van der Waals surface area contributed by atoms with Gasteiger partial charge in [-0.05, 0) is 58.1 Å². The molecule has 0 saturated carbocycles. The zero-order valence-corrected chi connectivity index (χ0v) is 21.5. The second-order valence-electron chi connectivity index (χ2n) is 10.5. The van der Waals surface area contributed by atoms with E-state index in [1.807, 2.05) is 17.5 Å². The molecule has 0 atom stereocenters. The van der Waals surface area contributed by atoms with E-state index >= 15 is 0 Å². The van der Waals surface area contributed by atoms with Crippen molar-refractivity contribution in [1.29, 1.82) is 0 Å². The predicted molar refractivity (Wildman–Crippen MR) is 157 cm³/mol. The second-order valence-corrected chi connectivity index (χ2v) is 11.5. The molecule has 0 spiro atoms. The van der Waals surface area contributed by atoms with Crippen LogP contribution in [0.15, 0.2) is 109 Å². The SMILES string of the molecule is CC1(C)c2ccccc2-c2cc(-c3ccc(-n4c5ccccc5c5c6ccccc6sc54)nc3)ccc21. The quantitative estimate of drug-likeness (QED) is 0.235. The number of rotatable bonds is 2. The van der Waals surface area contributed by atoms with Crippen molar-refractivity contribution in [1.82, 2.24) is 9.55 Å². The maximum atomic E-state index is 5.00. The minimum absolute atomic E-state index is 0.0255. The van der Waals surface area contributed by atoms with Crippen molar-refractivity contribution in [3.63, 3.8) is 0 Å². The van der Waals surface area contributed by atoms with Crippen molar-refractivity contribution in [3.8, 4) is 28.1 Å². The van der Waals surface area contributed by atoms with Gasteiger partial charge in [-0.15, -0.1) is 11.3 Å². The number of hydrogen-bond donors (Lipinski definition) is 0. The van der Waals surface area contributed by atoms with Crippen molar-refractivity contribution >= 4 is 42.5 Å². The van der Waals surface area contributed by atoms with Crippen LogP contribution in [0.25, 0.3) is 59.3 Å². The topological polar surface area (TPSA) is 17.8 Å². The van der Waals surface area contributed by atoms with Gasteiger partial charge in [-0.1, -0.05) is 86.6 Å². The van der Waals surface area contributed by atoms with Crippen LogP contribution in [-0.2, 0) is 5.41 Å². The van der Waals surface area contributed by atoms with E-state index in [9.17, 15) is 0 Å². The number of fused-ring (bicyclic) bond motifs is 8. The lowest BCUT2D eigenvalue weighted by atomic mass is 9.82. The van der Waals surface area contributed by atoms with E-state index in [0.717, 1.165) is 11.4 Å². The van der Waals surface area contributed by atoms with Crippen molar-refractivity contribution in [2.45, 2.75) is 19.3 Å². The number of benzene rings is 4. The maximum absolute atomic E-state index is 5.00. The van der Waals surface area contributed by atoms with Gasteiger partial charge in [0.05, 0.1) is 5.52 Å². The molecule has 7 aromatic rings. The molecule has 1 aliphatic rings. The third kappa shape index (κ3) is 2.83. The van der Waals surface area contributed by atoms with Gasteiger partial charge < -0.3 is 0 Å². The zero-order chi connectivity index (χ0) is 24.7. The molecule has 1 aliphatic carbocycles. The largest absolute Gasteiger partial charge is 0.285 e. The van der Waals surface area contributed by atoms with Gasteiger partial charge in [0.1, 0.15) is 10.6 Å². The van der Waals surface area contributed by atoms with Crippen molar-refractivity contribution in [2.75, 3.05) is 0 Å². The summed E-state index contributed by atoms with van der Waals surface area (Å²) in [5.41, 5.74) is 9.05. The molecular formula is C34H24N2S. The van der Waals surface area contributed by atoms with Crippen molar-refractivity contribution < 1.29 is 0 Å². The first-order valence-corrected chi connectivity index (χ1v) is 13.5. The Morgan fingerprint density at radius 3 is 2.27 bits per heavy atom. The molecule has 176 valence electrons. The van der Waals surface area contributed by atoms with Crippen LogP contribution in [0.3, 0.4) is 0 Å². The van der Waals surface area contributed by atoms with Gasteiger partial charge in [0.2, 0.25) is 0 Å². The molecule has 3 heterocycles. The fourth-order valence-corrected chi connectivity index (χ4v) is 7.50. The summed E-state index contributed by atoms with van der Waals surface area (Å²) in [6.45, 7) is 4.65. The van der Waals surface area contributed by atoms with Crippen molar-refractivity contribution in [3.05, 3.63) is 120 Å². The summed E-state index contributed by atoms with van der Waals surface area (Å²) in [5, 5.41) is 3.91. The van der Waals surface area contributed by atoms with Gasteiger partial charge in [-0.25, -0.2) is 4.98 Å². The summed E-state index contributed by atoms with van der Waals surface area (Å²) in [5.74, 6) is 0.953. The highest BCUT2D eigenvalue weighted by atomic mass is 32.1. The minimum atomic E-state index is 0.0255. The number of thiophene rings is 1. The van der Waals surface area contributed by atoms with Crippen LogP contribution in [0, 0.1) is 0 Å². The third-order valence-corrected chi connectivity index (χ3v) is 9.24. The van der Waals surface area contributed by atoms with Gasteiger partial charge >= 0.3 is 0 Å². The van der Waals surface area contributed by atoms with Gasteiger partial charge in [0.25, 0.3) is 0 Å². The van der Waals surface area contributed by atoms with Crippen LogP contribution in [0.5, 0.6) is 0 Å². The van der Waals surface area contributed by atoms with E-state index in [1.165, 1.54) is 59.0 Å². The summed E-state index contributed by atoms with van der Waals surface area (Å²) in [6, 6.07) is 37.4. The third-order valence-electron chi connectivity index (χ3n) is 8.09. The Morgan fingerprint density at radius 2 is 1.41 bits per heavy atom. The molecule has 0 N–H and O–H groups in total. The highest BCUT2D eigenvalue weighted by Gasteiger charge is 2.35. The Labute approximate surface area is 219 Å². The van der Waals surface area contributed by atoms with Crippen LogP contribution in [0.1, 0.15) is 25.0 Å². The Hall–Kier alpha value is -4.21. The van der Waals surface area contributed by atoms with Crippen molar-refractivity contribution in [2.24, 2.45) is 0 Å². The van der Waals surface area contributed by atoms with Crippen LogP contribution in [-0.4, -0.2) is 9.55 Å². The summed E-state index contributed by atoms with van der Waals surface area (Å²) in [4.78, 5) is 6.25. The molecule has 0 fully saturated rings. The molecule has 0 aliphatic heterocycles. The normalized spacial score (nSPS) is 13.9. The highest BCUT2D eigenvalue weighted by molar-refractivity contribution is 7.25. The number of aromatic nitrogens is 2. The Balaban J connectivity index is 1.27. The minimum Gasteiger partial charge on any atom is -0.285 e.